The number of nitrogens with one attached hydrogen (secondary N) is 1. The van der Waals surface area contributed by atoms with Crippen LogP contribution in [0.15, 0.2) is 28.9 Å². The van der Waals surface area contributed by atoms with E-state index in [4.69, 9.17) is 9.15 Å². The van der Waals surface area contributed by atoms with E-state index in [9.17, 15) is 9.59 Å². The first kappa shape index (κ1) is 15.4. The molecule has 114 valence electrons. The quantitative estimate of drug-likeness (QED) is 0.668. The van der Waals surface area contributed by atoms with Crippen molar-refractivity contribution >= 4 is 18.0 Å². The highest BCUT2D eigenvalue weighted by Crippen LogP contribution is 2.30. The Bertz CT molecular complexity index is 492. The van der Waals surface area contributed by atoms with E-state index in [0.717, 1.165) is 25.7 Å². The normalized spacial score (nSPS) is 22.1. The first-order valence-corrected chi connectivity index (χ1v) is 7.28. The van der Waals surface area contributed by atoms with Crippen LogP contribution in [0.25, 0.3) is 6.08 Å². The molecule has 1 heterocycles. The standard InChI is InChI=1S/C16H21NO4/c1-20-16(19)14-7-3-2-5-12(14)11-17-15(18)9-8-13-6-4-10-21-13/h4,6,8-10,12,14H,2-3,5,7,11H2,1H3,(H,17,18)/b9-8+. The number of rotatable bonds is 5. The van der Waals surface area contributed by atoms with Crippen LogP contribution in [-0.2, 0) is 14.3 Å². The highest BCUT2D eigenvalue weighted by molar-refractivity contribution is 5.91. The Kier molecular flexibility index (Phi) is 5.60. The molecule has 1 N–H and O–H groups in total. The Balaban J connectivity index is 1.82. The van der Waals surface area contributed by atoms with Gasteiger partial charge in [0, 0.05) is 12.6 Å². The lowest BCUT2D eigenvalue weighted by Crippen LogP contribution is -2.37. The van der Waals surface area contributed by atoms with Crippen LogP contribution in [0.2, 0.25) is 0 Å². The van der Waals surface area contributed by atoms with E-state index in [1.807, 2.05) is 0 Å². The predicted octanol–water partition coefficient (Wildman–Crippen LogP) is 2.39. The molecule has 21 heavy (non-hydrogen) atoms. The smallest absolute Gasteiger partial charge is 0.309 e. The van der Waals surface area contributed by atoms with E-state index < -0.39 is 0 Å². The average molecular weight is 291 g/mol. The second-order valence-electron chi connectivity index (χ2n) is 5.27. The summed E-state index contributed by atoms with van der Waals surface area (Å²) >= 11 is 0. The molecule has 1 amide bonds. The summed E-state index contributed by atoms with van der Waals surface area (Å²) in [5.41, 5.74) is 0. The van der Waals surface area contributed by atoms with Gasteiger partial charge in [0.05, 0.1) is 19.3 Å². The summed E-state index contributed by atoms with van der Waals surface area (Å²) < 4.78 is 9.96. The Morgan fingerprint density at radius 1 is 1.43 bits per heavy atom. The SMILES string of the molecule is COC(=O)C1CCCCC1CNC(=O)/C=C/c1ccco1. The molecule has 2 unspecified atom stereocenters. The fourth-order valence-corrected chi connectivity index (χ4v) is 2.75. The lowest BCUT2D eigenvalue weighted by atomic mass is 9.79. The number of carbonyl (C=O) groups excluding carboxylic acids is 2. The van der Waals surface area contributed by atoms with Gasteiger partial charge in [-0.05, 0) is 37.0 Å². The summed E-state index contributed by atoms with van der Waals surface area (Å²) in [6.45, 7) is 0.501. The monoisotopic (exact) mass is 291 g/mol. The Hall–Kier alpha value is -2.04. The maximum atomic E-state index is 11.8. The maximum Gasteiger partial charge on any atom is 0.309 e. The number of amides is 1. The summed E-state index contributed by atoms with van der Waals surface area (Å²) in [6.07, 6.45) is 8.54. The highest BCUT2D eigenvalue weighted by Gasteiger charge is 2.31. The zero-order chi connectivity index (χ0) is 15.1. The fraction of sp³-hybridized carbons (Fsp3) is 0.500. The molecule has 0 aliphatic heterocycles. The van der Waals surface area contributed by atoms with Gasteiger partial charge in [0.1, 0.15) is 5.76 Å². The first-order valence-electron chi connectivity index (χ1n) is 7.28. The van der Waals surface area contributed by atoms with Crippen molar-refractivity contribution in [3.05, 3.63) is 30.2 Å². The molecule has 0 spiro atoms. The van der Waals surface area contributed by atoms with Gasteiger partial charge in [-0.25, -0.2) is 0 Å². The first-order chi connectivity index (χ1) is 10.2. The molecule has 5 nitrogen and oxygen atoms in total. The van der Waals surface area contributed by atoms with E-state index in [-0.39, 0.29) is 23.7 Å². The van der Waals surface area contributed by atoms with Crippen molar-refractivity contribution in [3.63, 3.8) is 0 Å². The molecule has 0 bridgehead atoms. The molecule has 1 aromatic heterocycles. The zero-order valence-electron chi connectivity index (χ0n) is 12.2. The van der Waals surface area contributed by atoms with Gasteiger partial charge in [0.25, 0.3) is 0 Å². The Morgan fingerprint density at radius 2 is 2.24 bits per heavy atom. The van der Waals surface area contributed by atoms with Gasteiger partial charge in [-0.3, -0.25) is 9.59 Å². The van der Waals surface area contributed by atoms with Crippen LogP contribution in [0.1, 0.15) is 31.4 Å². The molecular weight excluding hydrogens is 270 g/mol. The largest absolute Gasteiger partial charge is 0.469 e. The van der Waals surface area contributed by atoms with Crippen LogP contribution in [0.3, 0.4) is 0 Å². The van der Waals surface area contributed by atoms with E-state index in [1.54, 1.807) is 24.5 Å². The molecule has 1 aliphatic rings. The van der Waals surface area contributed by atoms with Crippen molar-refractivity contribution in [2.45, 2.75) is 25.7 Å². The van der Waals surface area contributed by atoms with Crippen molar-refractivity contribution in [1.82, 2.24) is 5.32 Å². The fourth-order valence-electron chi connectivity index (χ4n) is 2.75. The maximum absolute atomic E-state index is 11.8. The number of methoxy groups -OCH3 is 1. The van der Waals surface area contributed by atoms with Gasteiger partial charge >= 0.3 is 5.97 Å². The van der Waals surface area contributed by atoms with Gasteiger partial charge in [0.15, 0.2) is 0 Å². The third-order valence-corrected chi connectivity index (χ3v) is 3.89. The van der Waals surface area contributed by atoms with E-state index in [0.29, 0.717) is 12.3 Å². The van der Waals surface area contributed by atoms with Crippen molar-refractivity contribution in [3.8, 4) is 0 Å². The molecule has 1 aliphatic carbocycles. The number of hydrogen-bond donors (Lipinski definition) is 1. The van der Waals surface area contributed by atoms with E-state index in [2.05, 4.69) is 5.32 Å². The van der Waals surface area contributed by atoms with Crippen LogP contribution < -0.4 is 5.32 Å². The van der Waals surface area contributed by atoms with Gasteiger partial charge in [-0.2, -0.15) is 0 Å². The molecule has 0 aromatic carbocycles. The van der Waals surface area contributed by atoms with Crippen LogP contribution in [0.4, 0.5) is 0 Å². The Morgan fingerprint density at radius 3 is 2.95 bits per heavy atom. The van der Waals surface area contributed by atoms with Crippen LogP contribution >= 0.6 is 0 Å². The van der Waals surface area contributed by atoms with E-state index >= 15 is 0 Å². The van der Waals surface area contributed by atoms with Crippen LogP contribution in [-0.4, -0.2) is 25.5 Å². The second kappa shape index (κ2) is 7.67. The van der Waals surface area contributed by atoms with Gasteiger partial charge in [-0.15, -0.1) is 0 Å². The molecule has 2 rings (SSSR count). The molecule has 5 heteroatoms. The summed E-state index contributed by atoms with van der Waals surface area (Å²) in [5.74, 6) is 0.348. The molecule has 0 saturated heterocycles. The van der Waals surface area contributed by atoms with Gasteiger partial charge < -0.3 is 14.5 Å². The predicted molar refractivity (Wildman–Crippen MR) is 78.2 cm³/mol. The number of hydrogen-bond acceptors (Lipinski definition) is 4. The lowest BCUT2D eigenvalue weighted by molar-refractivity contribution is -0.148. The van der Waals surface area contributed by atoms with Crippen LogP contribution in [0, 0.1) is 11.8 Å². The molecule has 1 fully saturated rings. The van der Waals surface area contributed by atoms with E-state index in [1.165, 1.54) is 13.2 Å². The van der Waals surface area contributed by atoms with Gasteiger partial charge in [-0.1, -0.05) is 12.8 Å². The third-order valence-electron chi connectivity index (χ3n) is 3.89. The highest BCUT2D eigenvalue weighted by atomic mass is 16.5. The number of esters is 1. The molecular formula is C16H21NO4. The Labute approximate surface area is 124 Å². The van der Waals surface area contributed by atoms with Crippen LogP contribution in [0.5, 0.6) is 0 Å². The lowest BCUT2D eigenvalue weighted by Gasteiger charge is -2.29. The summed E-state index contributed by atoms with van der Waals surface area (Å²) in [7, 11) is 1.42. The number of ether oxygens (including phenoxy) is 1. The topological polar surface area (TPSA) is 68.5 Å². The van der Waals surface area contributed by atoms with Crippen molar-refractivity contribution in [1.29, 1.82) is 0 Å². The third kappa shape index (κ3) is 4.48. The number of furan rings is 1. The average Bonchev–Trinajstić information content (AvgIpc) is 3.04. The molecule has 1 aromatic rings. The summed E-state index contributed by atoms with van der Waals surface area (Å²) in [4.78, 5) is 23.5. The minimum Gasteiger partial charge on any atom is -0.469 e. The summed E-state index contributed by atoms with van der Waals surface area (Å²) in [6, 6.07) is 3.54. The van der Waals surface area contributed by atoms with Crippen molar-refractivity contribution in [2.24, 2.45) is 11.8 Å². The zero-order valence-corrected chi connectivity index (χ0v) is 12.2. The minimum absolute atomic E-state index is 0.0990. The van der Waals surface area contributed by atoms with Crippen molar-refractivity contribution < 1.29 is 18.7 Å². The van der Waals surface area contributed by atoms with Crippen molar-refractivity contribution in [2.75, 3.05) is 13.7 Å². The number of carbonyl (C=O) groups is 2. The molecule has 2 atom stereocenters. The minimum atomic E-state index is -0.180. The second-order valence-corrected chi connectivity index (χ2v) is 5.27. The molecule has 1 saturated carbocycles. The molecule has 0 radical (unpaired) electrons. The summed E-state index contributed by atoms with van der Waals surface area (Å²) in [5, 5.41) is 2.85. The van der Waals surface area contributed by atoms with Gasteiger partial charge in [0.2, 0.25) is 5.91 Å².